The minimum atomic E-state index is -4.02. The van der Waals surface area contributed by atoms with Gasteiger partial charge in [-0.2, -0.15) is 0 Å². The van der Waals surface area contributed by atoms with Crippen LogP contribution in [0.4, 0.5) is 5.69 Å². The molecule has 0 aliphatic heterocycles. The highest BCUT2D eigenvalue weighted by Gasteiger charge is 2.33. The van der Waals surface area contributed by atoms with E-state index in [0.717, 1.165) is 12.1 Å². The molecule has 0 bridgehead atoms. The Balaban J connectivity index is 1.94. The van der Waals surface area contributed by atoms with Crippen LogP contribution in [0.5, 0.6) is 17.2 Å². The summed E-state index contributed by atoms with van der Waals surface area (Å²) in [4.78, 5) is 23.7. The monoisotopic (exact) mass is 490 g/mol. The molecule has 1 heterocycles. The number of carbonyl (C=O) groups excluding carboxylic acids is 1. The molecule has 12 heteroatoms. The van der Waals surface area contributed by atoms with Crippen LogP contribution < -0.4 is 19.5 Å². The van der Waals surface area contributed by atoms with E-state index >= 15 is 0 Å². The highest BCUT2D eigenvalue weighted by Crippen LogP contribution is 2.35. The summed E-state index contributed by atoms with van der Waals surface area (Å²) in [6.07, 6.45) is 1.31. The Bertz CT molecular complexity index is 1270. The second kappa shape index (κ2) is 10.3. The fraction of sp³-hybridized carbons (Fsp3) is 0.227. The number of carbonyl (C=O) groups is 1. The van der Waals surface area contributed by atoms with E-state index in [1.54, 1.807) is 0 Å². The fourth-order valence-corrected chi connectivity index (χ4v) is 4.84. The molecule has 0 saturated carbocycles. The zero-order chi connectivity index (χ0) is 24.9. The molecule has 2 aromatic carbocycles. The Morgan fingerprint density at radius 2 is 1.71 bits per heavy atom. The van der Waals surface area contributed by atoms with E-state index in [1.807, 2.05) is 0 Å². The van der Waals surface area contributed by atoms with Crippen LogP contribution in [0.25, 0.3) is 0 Å². The minimum Gasteiger partial charge on any atom is -0.497 e. The van der Waals surface area contributed by atoms with Crippen molar-refractivity contribution < 1.29 is 36.8 Å². The molecule has 0 radical (unpaired) electrons. The first-order chi connectivity index (χ1) is 16.2. The summed E-state index contributed by atoms with van der Waals surface area (Å²) in [5, 5.41) is 12.7. The molecule has 11 nitrogen and oxygen atoms in total. The van der Waals surface area contributed by atoms with Crippen molar-refractivity contribution in [2.45, 2.75) is 10.1 Å². The Hall–Kier alpha value is -4.06. The molecule has 1 atom stereocenters. The normalized spacial score (nSPS) is 12.0. The predicted octanol–water partition coefficient (Wildman–Crippen LogP) is 3.16. The van der Waals surface area contributed by atoms with Gasteiger partial charge in [0.05, 0.1) is 43.5 Å². The molecule has 3 rings (SSSR count). The number of hydrogen-bond donors (Lipinski definition) is 1. The molecular weight excluding hydrogens is 468 g/mol. The van der Waals surface area contributed by atoms with Gasteiger partial charge >= 0.3 is 0 Å². The summed E-state index contributed by atoms with van der Waals surface area (Å²) in [5.74, 6) is -0.123. The SMILES string of the molecule is COc1ccc(S(=O)(=O)[C@@H](CNC(=O)c2cc(OC)c(OC)cc2[N+](=O)[O-])c2ccco2)cc1. The van der Waals surface area contributed by atoms with Gasteiger partial charge in [-0.1, -0.05) is 0 Å². The summed E-state index contributed by atoms with van der Waals surface area (Å²) >= 11 is 0. The lowest BCUT2D eigenvalue weighted by atomic mass is 10.1. The number of rotatable bonds is 10. The Labute approximate surface area is 195 Å². The van der Waals surface area contributed by atoms with E-state index < -0.39 is 38.1 Å². The second-order valence-corrected chi connectivity index (χ2v) is 9.05. The smallest absolute Gasteiger partial charge is 0.286 e. The van der Waals surface area contributed by atoms with Gasteiger partial charge in [0.1, 0.15) is 22.3 Å². The van der Waals surface area contributed by atoms with Crippen molar-refractivity contribution >= 4 is 21.4 Å². The average molecular weight is 490 g/mol. The highest BCUT2D eigenvalue weighted by molar-refractivity contribution is 7.91. The first kappa shape index (κ1) is 24.6. The van der Waals surface area contributed by atoms with Gasteiger partial charge in [0.15, 0.2) is 21.3 Å². The van der Waals surface area contributed by atoms with Gasteiger partial charge in [0.2, 0.25) is 0 Å². The van der Waals surface area contributed by atoms with Gasteiger partial charge in [-0.3, -0.25) is 14.9 Å². The zero-order valence-electron chi connectivity index (χ0n) is 18.5. The number of methoxy groups -OCH3 is 3. The van der Waals surface area contributed by atoms with Crippen molar-refractivity contribution in [2.75, 3.05) is 27.9 Å². The number of sulfone groups is 1. The lowest BCUT2D eigenvalue weighted by Crippen LogP contribution is -2.32. The molecule has 3 aromatic rings. The fourth-order valence-electron chi connectivity index (χ4n) is 3.25. The van der Waals surface area contributed by atoms with E-state index in [1.165, 1.54) is 64.0 Å². The van der Waals surface area contributed by atoms with Gasteiger partial charge in [0, 0.05) is 12.6 Å². The van der Waals surface area contributed by atoms with Crippen molar-refractivity contribution in [3.63, 3.8) is 0 Å². The largest absolute Gasteiger partial charge is 0.497 e. The predicted molar refractivity (Wildman–Crippen MR) is 120 cm³/mol. The third-order valence-corrected chi connectivity index (χ3v) is 7.09. The van der Waals surface area contributed by atoms with Crippen molar-refractivity contribution in [1.29, 1.82) is 0 Å². The van der Waals surface area contributed by atoms with E-state index in [0.29, 0.717) is 5.75 Å². The van der Waals surface area contributed by atoms with Gasteiger partial charge in [-0.05, 0) is 36.4 Å². The Kier molecular flexibility index (Phi) is 7.41. The first-order valence-corrected chi connectivity index (χ1v) is 11.4. The van der Waals surface area contributed by atoms with Crippen molar-refractivity contribution in [1.82, 2.24) is 5.32 Å². The van der Waals surface area contributed by atoms with E-state index in [4.69, 9.17) is 18.6 Å². The molecule has 0 spiro atoms. The topological polar surface area (TPSA) is 147 Å². The molecule has 1 N–H and O–H groups in total. The molecule has 0 saturated heterocycles. The molecule has 0 fully saturated rings. The quantitative estimate of drug-likeness (QED) is 0.334. The molecular formula is C22H22N2O9S. The number of furan rings is 1. The maximum atomic E-state index is 13.3. The lowest BCUT2D eigenvalue weighted by Gasteiger charge is -2.17. The van der Waals surface area contributed by atoms with Gasteiger partial charge in [-0.25, -0.2) is 8.42 Å². The average Bonchev–Trinajstić information content (AvgIpc) is 3.37. The summed E-state index contributed by atoms with van der Waals surface area (Å²) < 4.78 is 47.2. The maximum absolute atomic E-state index is 13.3. The summed E-state index contributed by atoms with van der Waals surface area (Å²) in [6, 6.07) is 11.0. The number of benzene rings is 2. The first-order valence-electron chi connectivity index (χ1n) is 9.82. The van der Waals surface area contributed by atoms with Crippen LogP contribution in [0.15, 0.2) is 64.1 Å². The highest BCUT2D eigenvalue weighted by atomic mass is 32.2. The van der Waals surface area contributed by atoms with Crippen LogP contribution in [0, 0.1) is 10.1 Å². The van der Waals surface area contributed by atoms with Gasteiger partial charge < -0.3 is 23.9 Å². The molecule has 0 aliphatic rings. The van der Waals surface area contributed by atoms with Crippen molar-refractivity contribution in [3.05, 3.63) is 76.2 Å². The molecule has 0 unspecified atom stereocenters. The number of hydrogen-bond acceptors (Lipinski definition) is 9. The third-order valence-electron chi connectivity index (χ3n) is 5.01. The second-order valence-electron chi connectivity index (χ2n) is 6.92. The van der Waals surface area contributed by atoms with Crippen LogP contribution >= 0.6 is 0 Å². The summed E-state index contributed by atoms with van der Waals surface area (Å²) in [6.45, 7) is -0.411. The number of nitrogens with zero attached hydrogens (tertiary/aromatic N) is 1. The number of ether oxygens (including phenoxy) is 3. The number of nitro benzene ring substituents is 1. The van der Waals surface area contributed by atoms with Gasteiger partial charge in [-0.15, -0.1) is 0 Å². The minimum absolute atomic E-state index is 0.0129. The lowest BCUT2D eigenvalue weighted by molar-refractivity contribution is -0.385. The van der Waals surface area contributed by atoms with Crippen LogP contribution in [-0.4, -0.2) is 47.1 Å². The summed E-state index contributed by atoms with van der Waals surface area (Å²) in [7, 11) is 0.0610. The molecule has 1 aromatic heterocycles. The number of nitrogens with one attached hydrogen (secondary N) is 1. The van der Waals surface area contributed by atoms with Gasteiger partial charge in [0.25, 0.3) is 11.6 Å². The van der Waals surface area contributed by atoms with Crippen LogP contribution in [-0.2, 0) is 9.84 Å². The van der Waals surface area contributed by atoms with Crippen LogP contribution in [0.3, 0.4) is 0 Å². The van der Waals surface area contributed by atoms with Crippen molar-refractivity contribution in [2.24, 2.45) is 0 Å². The molecule has 180 valence electrons. The van der Waals surface area contributed by atoms with E-state index in [9.17, 15) is 23.3 Å². The van der Waals surface area contributed by atoms with Crippen LogP contribution in [0.2, 0.25) is 0 Å². The Morgan fingerprint density at radius 1 is 1.06 bits per heavy atom. The number of nitro groups is 1. The standard InChI is InChI=1S/C22H22N2O9S/c1-30-14-6-8-15(9-7-14)34(28,29)21(18-5-4-10-33-18)13-23-22(25)16-11-19(31-2)20(32-3)12-17(16)24(26)27/h4-12,21H,13H2,1-3H3,(H,23,25)/t21-/m0/s1. The molecule has 1 amide bonds. The van der Waals surface area contributed by atoms with E-state index in [-0.39, 0.29) is 27.7 Å². The van der Waals surface area contributed by atoms with Crippen LogP contribution in [0.1, 0.15) is 21.4 Å². The maximum Gasteiger partial charge on any atom is 0.286 e. The molecule has 34 heavy (non-hydrogen) atoms. The summed E-state index contributed by atoms with van der Waals surface area (Å²) in [5.41, 5.74) is -0.842. The molecule has 0 aliphatic carbocycles. The van der Waals surface area contributed by atoms with Crippen molar-refractivity contribution in [3.8, 4) is 17.2 Å². The third kappa shape index (κ3) is 4.96. The zero-order valence-corrected chi connectivity index (χ0v) is 19.3. The Morgan fingerprint density at radius 3 is 2.24 bits per heavy atom. The van der Waals surface area contributed by atoms with E-state index in [2.05, 4.69) is 5.32 Å². The number of amides is 1.